The molecule has 0 aliphatic heterocycles. The summed E-state index contributed by atoms with van der Waals surface area (Å²) in [6.07, 6.45) is 0. The van der Waals surface area contributed by atoms with Crippen molar-refractivity contribution in [2.24, 2.45) is 0 Å². The van der Waals surface area contributed by atoms with Gasteiger partial charge in [-0.2, -0.15) is 0 Å². The minimum absolute atomic E-state index is 0.0563. The van der Waals surface area contributed by atoms with E-state index < -0.39 is 5.91 Å². The Morgan fingerprint density at radius 1 is 0.933 bits per heavy atom. The number of halogens is 2. The molecule has 0 bridgehead atoms. The van der Waals surface area contributed by atoms with Gasteiger partial charge >= 0.3 is 0 Å². The van der Waals surface area contributed by atoms with Gasteiger partial charge in [-0.3, -0.25) is 4.79 Å². The third-order valence-corrected chi connectivity index (χ3v) is 5.09. The summed E-state index contributed by atoms with van der Waals surface area (Å²) in [5.41, 5.74) is 4.20. The van der Waals surface area contributed by atoms with Gasteiger partial charge in [0.1, 0.15) is 0 Å². The van der Waals surface area contributed by atoms with Gasteiger partial charge in [-0.15, -0.1) is 5.10 Å². The summed E-state index contributed by atoms with van der Waals surface area (Å²) in [5, 5.41) is 8.48. The summed E-state index contributed by atoms with van der Waals surface area (Å²) < 4.78 is 1.64. The van der Waals surface area contributed by atoms with Crippen molar-refractivity contribution in [1.82, 2.24) is 14.8 Å². The normalized spacial score (nSPS) is 10.8. The van der Waals surface area contributed by atoms with Gasteiger partial charge in [-0.05, 0) is 61.9 Å². The van der Waals surface area contributed by atoms with E-state index in [1.54, 1.807) is 28.9 Å². The second-order valence-corrected chi connectivity index (χ2v) is 7.80. The molecule has 4 rings (SSSR count). The zero-order valence-electron chi connectivity index (χ0n) is 16.4. The highest BCUT2D eigenvalue weighted by Crippen LogP contribution is 2.25. The molecule has 0 saturated carbocycles. The average Bonchev–Trinajstić information content (AvgIpc) is 3.17. The van der Waals surface area contributed by atoms with Crippen molar-refractivity contribution in [3.05, 3.63) is 93.7 Å². The highest BCUT2D eigenvalue weighted by Gasteiger charge is 2.19. The Labute approximate surface area is 184 Å². The van der Waals surface area contributed by atoms with Crippen LogP contribution in [0.2, 0.25) is 10.0 Å². The van der Waals surface area contributed by atoms with Gasteiger partial charge in [-0.25, -0.2) is 9.67 Å². The number of aromatic nitrogens is 3. The van der Waals surface area contributed by atoms with E-state index in [2.05, 4.69) is 15.4 Å². The summed E-state index contributed by atoms with van der Waals surface area (Å²) in [7, 11) is 0. The Hall–Kier alpha value is -3.15. The largest absolute Gasteiger partial charge is 0.319 e. The van der Waals surface area contributed by atoms with Crippen LogP contribution in [-0.2, 0) is 0 Å². The minimum Gasteiger partial charge on any atom is -0.319 e. The maximum atomic E-state index is 12.9. The Morgan fingerprint density at radius 2 is 1.67 bits per heavy atom. The van der Waals surface area contributed by atoms with Crippen LogP contribution in [0.3, 0.4) is 0 Å². The summed E-state index contributed by atoms with van der Waals surface area (Å²) >= 11 is 12.1. The fraction of sp³-hybridized carbons (Fsp3) is 0.0870. The second-order valence-electron chi connectivity index (χ2n) is 6.93. The van der Waals surface area contributed by atoms with Gasteiger partial charge in [0.25, 0.3) is 5.91 Å². The molecule has 1 N–H and O–H groups in total. The van der Waals surface area contributed by atoms with Crippen molar-refractivity contribution in [1.29, 1.82) is 0 Å². The lowest BCUT2D eigenvalue weighted by atomic mass is 10.1. The number of carbonyl (C=O) groups excluding carboxylic acids is 1. The number of anilines is 1. The molecule has 0 aliphatic rings. The van der Waals surface area contributed by atoms with Crippen molar-refractivity contribution in [3.63, 3.8) is 0 Å². The molecule has 0 unspecified atom stereocenters. The van der Waals surface area contributed by atoms with E-state index in [1.807, 2.05) is 56.3 Å². The average molecular weight is 437 g/mol. The van der Waals surface area contributed by atoms with E-state index in [0.717, 1.165) is 22.4 Å². The van der Waals surface area contributed by atoms with Gasteiger partial charge in [0.05, 0.1) is 5.69 Å². The third kappa shape index (κ3) is 4.22. The van der Waals surface area contributed by atoms with Gasteiger partial charge < -0.3 is 5.32 Å². The number of hydrogen-bond donors (Lipinski definition) is 1. The summed E-state index contributed by atoms with van der Waals surface area (Å²) in [6.45, 7) is 3.89. The van der Waals surface area contributed by atoms with Crippen LogP contribution in [0, 0.1) is 13.8 Å². The van der Waals surface area contributed by atoms with Crippen LogP contribution in [0.1, 0.15) is 21.7 Å². The van der Waals surface area contributed by atoms with Crippen molar-refractivity contribution < 1.29 is 4.79 Å². The van der Waals surface area contributed by atoms with Crippen LogP contribution in [0.15, 0.2) is 66.7 Å². The topological polar surface area (TPSA) is 59.8 Å². The van der Waals surface area contributed by atoms with Crippen LogP contribution >= 0.6 is 23.2 Å². The smallest absolute Gasteiger partial charge is 0.295 e. The number of aryl methyl sites for hydroxylation is 2. The third-order valence-electron chi connectivity index (χ3n) is 4.61. The molecule has 30 heavy (non-hydrogen) atoms. The molecule has 4 aromatic rings. The minimum atomic E-state index is -0.415. The van der Waals surface area contributed by atoms with Crippen molar-refractivity contribution >= 4 is 34.8 Å². The van der Waals surface area contributed by atoms with E-state index in [0.29, 0.717) is 21.6 Å². The lowest BCUT2D eigenvalue weighted by Crippen LogP contribution is -2.15. The molecule has 3 aromatic carbocycles. The maximum Gasteiger partial charge on any atom is 0.295 e. The SMILES string of the molecule is Cc1cccc(-c2nc(C(=O)Nc3cc(Cl)ccc3C)nn2-c2ccc(Cl)cc2)c1. The summed E-state index contributed by atoms with van der Waals surface area (Å²) in [5.74, 6) is 0.205. The van der Waals surface area contributed by atoms with E-state index in [9.17, 15) is 4.79 Å². The van der Waals surface area contributed by atoms with Crippen molar-refractivity contribution in [2.45, 2.75) is 13.8 Å². The second kappa shape index (κ2) is 8.30. The molecule has 5 nitrogen and oxygen atoms in total. The standard InChI is InChI=1S/C23H18Cl2N4O/c1-14-4-3-5-16(12-14)22-27-21(28-29(22)19-10-8-17(24)9-11-19)23(30)26-20-13-18(25)7-6-15(20)2/h3-13H,1-2H3,(H,26,30). The monoisotopic (exact) mass is 436 g/mol. The number of hydrogen-bond acceptors (Lipinski definition) is 3. The first kappa shape index (κ1) is 20.1. The van der Waals surface area contributed by atoms with E-state index in [-0.39, 0.29) is 5.82 Å². The maximum absolute atomic E-state index is 12.9. The number of benzene rings is 3. The van der Waals surface area contributed by atoms with Gasteiger partial charge in [-0.1, -0.05) is 53.0 Å². The summed E-state index contributed by atoms with van der Waals surface area (Å²) in [4.78, 5) is 17.5. The molecule has 0 fully saturated rings. The lowest BCUT2D eigenvalue weighted by molar-refractivity contribution is 0.101. The molecular formula is C23H18Cl2N4O. The highest BCUT2D eigenvalue weighted by atomic mass is 35.5. The number of nitrogens with one attached hydrogen (secondary N) is 1. The van der Waals surface area contributed by atoms with Crippen LogP contribution in [0.25, 0.3) is 17.1 Å². The van der Waals surface area contributed by atoms with Crippen LogP contribution < -0.4 is 5.32 Å². The number of amides is 1. The highest BCUT2D eigenvalue weighted by molar-refractivity contribution is 6.31. The molecule has 150 valence electrons. The van der Waals surface area contributed by atoms with Gasteiger partial charge in [0, 0.05) is 21.3 Å². The zero-order valence-corrected chi connectivity index (χ0v) is 17.9. The molecule has 0 radical (unpaired) electrons. The molecule has 0 aliphatic carbocycles. The zero-order chi connectivity index (χ0) is 21.3. The molecule has 0 spiro atoms. The molecule has 7 heteroatoms. The Morgan fingerprint density at radius 3 is 2.40 bits per heavy atom. The molecule has 0 saturated heterocycles. The molecule has 1 aromatic heterocycles. The van der Waals surface area contributed by atoms with E-state index in [4.69, 9.17) is 23.2 Å². The van der Waals surface area contributed by atoms with Crippen LogP contribution in [0.4, 0.5) is 5.69 Å². The molecule has 1 heterocycles. The lowest BCUT2D eigenvalue weighted by Gasteiger charge is -2.07. The Kier molecular flexibility index (Phi) is 5.57. The number of rotatable bonds is 4. The summed E-state index contributed by atoms with van der Waals surface area (Å²) in [6, 6.07) is 20.4. The quantitative estimate of drug-likeness (QED) is 0.419. The first-order valence-electron chi connectivity index (χ1n) is 9.28. The molecule has 1 amide bonds. The van der Waals surface area contributed by atoms with Gasteiger partial charge in [0.2, 0.25) is 5.82 Å². The van der Waals surface area contributed by atoms with Gasteiger partial charge in [0.15, 0.2) is 5.82 Å². The Bertz CT molecular complexity index is 1230. The molecule has 0 atom stereocenters. The Balaban J connectivity index is 1.77. The van der Waals surface area contributed by atoms with Crippen LogP contribution in [-0.4, -0.2) is 20.7 Å². The predicted molar refractivity (Wildman–Crippen MR) is 121 cm³/mol. The van der Waals surface area contributed by atoms with Crippen molar-refractivity contribution in [3.8, 4) is 17.1 Å². The fourth-order valence-corrected chi connectivity index (χ4v) is 3.35. The number of carbonyl (C=O) groups is 1. The fourth-order valence-electron chi connectivity index (χ4n) is 3.05. The van der Waals surface area contributed by atoms with E-state index in [1.165, 1.54) is 0 Å². The van der Waals surface area contributed by atoms with Crippen LogP contribution in [0.5, 0.6) is 0 Å². The van der Waals surface area contributed by atoms with Crippen molar-refractivity contribution in [2.75, 3.05) is 5.32 Å². The van der Waals surface area contributed by atoms with E-state index >= 15 is 0 Å². The predicted octanol–water partition coefficient (Wildman–Crippen LogP) is 6.11. The number of nitrogens with zero attached hydrogens (tertiary/aromatic N) is 3. The first-order chi connectivity index (χ1) is 14.4. The molecular weight excluding hydrogens is 419 g/mol. The first-order valence-corrected chi connectivity index (χ1v) is 10.0.